The number of carbonyl (C=O) groups excluding carboxylic acids is 1. The van der Waals surface area contributed by atoms with Crippen LogP contribution in [0.3, 0.4) is 0 Å². The zero-order chi connectivity index (χ0) is 15.2. The van der Waals surface area contributed by atoms with Crippen molar-refractivity contribution < 1.29 is 14.3 Å². The summed E-state index contributed by atoms with van der Waals surface area (Å²) in [4.78, 5) is 14.1. The van der Waals surface area contributed by atoms with Crippen molar-refractivity contribution in [3.8, 4) is 11.5 Å². The van der Waals surface area contributed by atoms with E-state index in [2.05, 4.69) is 6.92 Å². The molecule has 1 amide bonds. The van der Waals surface area contributed by atoms with E-state index in [4.69, 9.17) is 15.2 Å². The van der Waals surface area contributed by atoms with Gasteiger partial charge in [0.1, 0.15) is 13.2 Å². The van der Waals surface area contributed by atoms with Crippen molar-refractivity contribution in [2.45, 2.75) is 26.3 Å². The van der Waals surface area contributed by atoms with E-state index in [1.807, 2.05) is 25.2 Å². The van der Waals surface area contributed by atoms with Crippen molar-refractivity contribution in [2.75, 3.05) is 26.8 Å². The summed E-state index contributed by atoms with van der Waals surface area (Å²) in [6, 6.07) is 5.80. The van der Waals surface area contributed by atoms with Crippen LogP contribution in [0.15, 0.2) is 18.2 Å². The largest absolute Gasteiger partial charge is 0.486 e. The van der Waals surface area contributed by atoms with Gasteiger partial charge in [-0.05, 0) is 24.1 Å². The fourth-order valence-corrected chi connectivity index (χ4v) is 2.54. The Morgan fingerprint density at radius 3 is 2.71 bits per heavy atom. The van der Waals surface area contributed by atoms with E-state index in [-0.39, 0.29) is 11.8 Å². The van der Waals surface area contributed by atoms with Crippen molar-refractivity contribution in [1.82, 2.24) is 4.90 Å². The summed E-state index contributed by atoms with van der Waals surface area (Å²) in [5, 5.41) is 0. The van der Waals surface area contributed by atoms with Crippen molar-refractivity contribution in [1.29, 1.82) is 0 Å². The monoisotopic (exact) mass is 292 g/mol. The molecule has 1 aliphatic rings. The quantitative estimate of drug-likeness (QED) is 0.868. The topological polar surface area (TPSA) is 64.8 Å². The maximum atomic E-state index is 12.3. The lowest BCUT2D eigenvalue weighted by atomic mass is 10.0. The molecule has 0 bridgehead atoms. The third kappa shape index (κ3) is 3.88. The number of rotatable bonds is 6. The molecular formula is C16H24N2O3. The summed E-state index contributed by atoms with van der Waals surface area (Å²) in [5.41, 5.74) is 6.73. The first-order chi connectivity index (χ1) is 10.2. The van der Waals surface area contributed by atoms with E-state index < -0.39 is 0 Å². The molecule has 5 heteroatoms. The number of carbonyl (C=O) groups is 1. The van der Waals surface area contributed by atoms with Crippen molar-refractivity contribution in [3.63, 3.8) is 0 Å². The van der Waals surface area contributed by atoms with E-state index in [1.165, 1.54) is 0 Å². The minimum Gasteiger partial charge on any atom is -0.486 e. The smallest absolute Gasteiger partial charge is 0.226 e. The Bertz CT molecular complexity index is 490. The lowest BCUT2D eigenvalue weighted by Crippen LogP contribution is -2.36. The van der Waals surface area contributed by atoms with Gasteiger partial charge in [-0.3, -0.25) is 4.79 Å². The molecule has 1 aliphatic heterocycles. The Hall–Kier alpha value is -1.75. The number of amides is 1. The Morgan fingerprint density at radius 1 is 1.33 bits per heavy atom. The molecule has 1 atom stereocenters. The van der Waals surface area contributed by atoms with E-state index >= 15 is 0 Å². The lowest BCUT2D eigenvalue weighted by molar-refractivity contribution is -0.134. The zero-order valence-electron chi connectivity index (χ0n) is 12.8. The second-order valence-electron chi connectivity index (χ2n) is 5.39. The highest BCUT2D eigenvalue weighted by molar-refractivity contribution is 5.78. The first-order valence-electron chi connectivity index (χ1n) is 7.49. The van der Waals surface area contributed by atoms with Crippen LogP contribution in [0.2, 0.25) is 0 Å². The van der Waals surface area contributed by atoms with Crippen molar-refractivity contribution in [3.05, 3.63) is 23.8 Å². The van der Waals surface area contributed by atoms with Gasteiger partial charge < -0.3 is 20.1 Å². The van der Waals surface area contributed by atoms with Crippen molar-refractivity contribution >= 4 is 5.91 Å². The number of hydrogen-bond acceptors (Lipinski definition) is 4. The van der Waals surface area contributed by atoms with Crippen LogP contribution >= 0.6 is 0 Å². The standard InChI is InChI=1S/C16H24N2O3/c1-3-4-13(10-17)16(19)18(2)11-12-5-6-14-15(9-12)21-8-7-20-14/h5-6,9,13H,3-4,7-8,10-11,17H2,1-2H3. The SMILES string of the molecule is CCCC(CN)C(=O)N(C)Cc1ccc2c(c1)OCCO2. The molecule has 0 aliphatic carbocycles. The molecule has 21 heavy (non-hydrogen) atoms. The number of ether oxygens (including phenoxy) is 2. The summed E-state index contributed by atoms with van der Waals surface area (Å²) in [5.74, 6) is 1.54. The lowest BCUT2D eigenvalue weighted by Gasteiger charge is -2.24. The molecule has 0 spiro atoms. The van der Waals surface area contributed by atoms with E-state index in [1.54, 1.807) is 4.90 Å². The Kier molecular flexibility index (Phi) is 5.44. The van der Waals surface area contributed by atoms with Crippen LogP contribution in [-0.2, 0) is 11.3 Å². The second-order valence-corrected chi connectivity index (χ2v) is 5.39. The average molecular weight is 292 g/mol. The molecule has 5 nitrogen and oxygen atoms in total. The van der Waals surface area contributed by atoms with Gasteiger partial charge in [-0.15, -0.1) is 0 Å². The molecule has 1 aromatic rings. The fraction of sp³-hybridized carbons (Fsp3) is 0.562. The number of benzene rings is 1. The summed E-state index contributed by atoms with van der Waals surface area (Å²) < 4.78 is 11.1. The predicted molar refractivity (Wildman–Crippen MR) is 81.4 cm³/mol. The zero-order valence-corrected chi connectivity index (χ0v) is 12.8. The van der Waals surface area contributed by atoms with Gasteiger partial charge in [0.2, 0.25) is 5.91 Å². The summed E-state index contributed by atoms with van der Waals surface area (Å²) in [6.45, 7) is 4.17. The van der Waals surface area contributed by atoms with Gasteiger partial charge in [0, 0.05) is 20.1 Å². The minimum absolute atomic E-state index is 0.0859. The number of nitrogens with two attached hydrogens (primary N) is 1. The van der Waals surface area contributed by atoms with E-state index in [0.29, 0.717) is 26.3 Å². The summed E-state index contributed by atoms with van der Waals surface area (Å²) in [6.07, 6.45) is 1.80. The Balaban J connectivity index is 2.01. The summed E-state index contributed by atoms with van der Waals surface area (Å²) >= 11 is 0. The second kappa shape index (κ2) is 7.31. The number of fused-ring (bicyclic) bond motifs is 1. The van der Waals surface area contributed by atoms with Crippen LogP contribution in [0.4, 0.5) is 0 Å². The molecule has 0 aromatic heterocycles. The van der Waals surface area contributed by atoms with Gasteiger partial charge in [0.25, 0.3) is 0 Å². The first-order valence-corrected chi connectivity index (χ1v) is 7.49. The highest BCUT2D eigenvalue weighted by Crippen LogP contribution is 2.31. The first kappa shape index (κ1) is 15.6. The van der Waals surface area contributed by atoms with Crippen LogP contribution in [0.5, 0.6) is 11.5 Å². The summed E-state index contributed by atoms with van der Waals surface area (Å²) in [7, 11) is 1.82. The highest BCUT2D eigenvalue weighted by Gasteiger charge is 2.20. The molecule has 0 fully saturated rings. The Morgan fingerprint density at radius 2 is 2.05 bits per heavy atom. The van der Waals surface area contributed by atoms with Crippen LogP contribution < -0.4 is 15.2 Å². The maximum absolute atomic E-state index is 12.3. The average Bonchev–Trinajstić information content (AvgIpc) is 2.51. The molecule has 2 N–H and O–H groups in total. The van der Waals surface area contributed by atoms with Gasteiger partial charge >= 0.3 is 0 Å². The highest BCUT2D eigenvalue weighted by atomic mass is 16.6. The van der Waals surface area contributed by atoms with Gasteiger partial charge in [0.05, 0.1) is 5.92 Å². The third-order valence-corrected chi connectivity index (χ3v) is 3.67. The van der Waals surface area contributed by atoms with E-state index in [9.17, 15) is 4.79 Å². The Labute approximate surface area is 126 Å². The molecule has 1 unspecified atom stereocenters. The normalized spacial score (nSPS) is 14.6. The van der Waals surface area contributed by atoms with E-state index in [0.717, 1.165) is 29.9 Å². The van der Waals surface area contributed by atoms with Crippen LogP contribution in [0, 0.1) is 5.92 Å². The molecule has 0 saturated carbocycles. The van der Waals surface area contributed by atoms with Gasteiger partial charge in [-0.1, -0.05) is 19.4 Å². The van der Waals surface area contributed by atoms with Crippen LogP contribution in [0.25, 0.3) is 0 Å². The van der Waals surface area contributed by atoms with Crippen LogP contribution in [-0.4, -0.2) is 37.6 Å². The molecule has 0 saturated heterocycles. The molecule has 0 radical (unpaired) electrons. The molecular weight excluding hydrogens is 268 g/mol. The minimum atomic E-state index is -0.0859. The molecule has 116 valence electrons. The van der Waals surface area contributed by atoms with Gasteiger partial charge in [-0.2, -0.15) is 0 Å². The molecule has 2 rings (SSSR count). The maximum Gasteiger partial charge on any atom is 0.226 e. The predicted octanol–water partition coefficient (Wildman–Crippen LogP) is 1.79. The number of nitrogens with zero attached hydrogens (tertiary/aromatic N) is 1. The molecule has 1 heterocycles. The van der Waals surface area contributed by atoms with Gasteiger partial charge in [0.15, 0.2) is 11.5 Å². The number of hydrogen-bond donors (Lipinski definition) is 1. The molecule has 1 aromatic carbocycles. The van der Waals surface area contributed by atoms with Gasteiger partial charge in [-0.25, -0.2) is 0 Å². The third-order valence-electron chi connectivity index (χ3n) is 3.67. The fourth-order valence-electron chi connectivity index (χ4n) is 2.54. The van der Waals surface area contributed by atoms with Crippen LogP contribution in [0.1, 0.15) is 25.3 Å². The van der Waals surface area contributed by atoms with Crippen molar-refractivity contribution in [2.24, 2.45) is 11.7 Å².